The van der Waals surface area contributed by atoms with Gasteiger partial charge in [-0.25, -0.2) is 0 Å². The lowest BCUT2D eigenvalue weighted by atomic mass is 10.1. The molecule has 1 unspecified atom stereocenters. The molecule has 12 heavy (non-hydrogen) atoms. The fraction of sp³-hybridized carbons (Fsp3) is 0.400. The van der Waals surface area contributed by atoms with E-state index in [0.717, 1.165) is 11.3 Å². The number of para-hydroxylation sites is 1. The van der Waals surface area contributed by atoms with E-state index in [1.807, 2.05) is 38.1 Å². The first-order valence-electron chi connectivity index (χ1n) is 4.15. The third kappa shape index (κ3) is 2.18. The number of benzene rings is 1. The molecule has 0 spiro atoms. The van der Waals surface area contributed by atoms with Gasteiger partial charge < -0.3 is 4.74 Å². The van der Waals surface area contributed by atoms with E-state index in [-0.39, 0.29) is 5.25 Å². The zero-order valence-electron chi connectivity index (χ0n) is 7.45. The van der Waals surface area contributed by atoms with Gasteiger partial charge in [-0.1, -0.05) is 18.2 Å². The zero-order valence-corrected chi connectivity index (χ0v) is 8.34. The summed E-state index contributed by atoms with van der Waals surface area (Å²) in [5.74, 6) is 0.947. The Balaban J connectivity index is 2.92. The molecule has 0 saturated carbocycles. The number of rotatable bonds is 3. The molecule has 2 heteroatoms. The van der Waals surface area contributed by atoms with E-state index in [2.05, 4.69) is 12.6 Å². The Bertz CT molecular complexity index is 245. The molecule has 1 nitrogen and oxygen atoms in total. The van der Waals surface area contributed by atoms with Gasteiger partial charge in [0, 0.05) is 10.8 Å². The molecule has 0 aromatic heterocycles. The molecule has 1 aromatic rings. The first-order chi connectivity index (χ1) is 5.75. The minimum Gasteiger partial charge on any atom is -0.494 e. The highest BCUT2D eigenvalue weighted by Crippen LogP contribution is 2.28. The molecule has 1 rings (SSSR count). The lowest BCUT2D eigenvalue weighted by Gasteiger charge is -2.11. The molecule has 1 aromatic carbocycles. The van der Waals surface area contributed by atoms with Crippen molar-refractivity contribution in [3.8, 4) is 5.75 Å². The Morgan fingerprint density at radius 3 is 2.67 bits per heavy atom. The van der Waals surface area contributed by atoms with Gasteiger partial charge in [0.15, 0.2) is 0 Å². The van der Waals surface area contributed by atoms with Crippen molar-refractivity contribution in [3.05, 3.63) is 29.8 Å². The standard InChI is InChI=1S/C10H14OS/c1-3-11-10-7-5-4-6-9(10)8(2)12/h4-8,12H,3H2,1-2H3. The third-order valence-corrected chi connectivity index (χ3v) is 1.95. The Morgan fingerprint density at radius 1 is 1.42 bits per heavy atom. The van der Waals surface area contributed by atoms with Crippen LogP contribution in [0.25, 0.3) is 0 Å². The van der Waals surface area contributed by atoms with E-state index in [9.17, 15) is 0 Å². The molecule has 1 atom stereocenters. The second kappa shape index (κ2) is 4.41. The number of hydrogen-bond acceptors (Lipinski definition) is 2. The topological polar surface area (TPSA) is 9.23 Å². The predicted octanol–water partition coefficient (Wildman–Crippen LogP) is 3.08. The van der Waals surface area contributed by atoms with Gasteiger partial charge in [0.05, 0.1) is 6.61 Å². The van der Waals surface area contributed by atoms with Gasteiger partial charge in [-0.3, -0.25) is 0 Å². The van der Waals surface area contributed by atoms with Crippen LogP contribution in [0.1, 0.15) is 24.7 Å². The summed E-state index contributed by atoms with van der Waals surface area (Å²) in [6, 6.07) is 8.00. The summed E-state index contributed by atoms with van der Waals surface area (Å²) in [5.41, 5.74) is 1.16. The number of hydrogen-bond donors (Lipinski definition) is 1. The van der Waals surface area contributed by atoms with Gasteiger partial charge >= 0.3 is 0 Å². The van der Waals surface area contributed by atoms with Gasteiger partial charge in [-0.2, -0.15) is 12.6 Å². The lowest BCUT2D eigenvalue weighted by Crippen LogP contribution is -1.96. The molecular formula is C10H14OS. The highest BCUT2D eigenvalue weighted by atomic mass is 32.1. The highest BCUT2D eigenvalue weighted by Gasteiger charge is 2.05. The van der Waals surface area contributed by atoms with E-state index in [1.165, 1.54) is 0 Å². The average Bonchev–Trinajstić information content (AvgIpc) is 2.05. The number of ether oxygens (including phenoxy) is 1. The molecule has 0 radical (unpaired) electrons. The SMILES string of the molecule is CCOc1ccccc1C(C)S. The largest absolute Gasteiger partial charge is 0.494 e. The third-order valence-electron chi connectivity index (χ3n) is 1.67. The van der Waals surface area contributed by atoms with Gasteiger partial charge in [0.1, 0.15) is 5.75 Å². The average molecular weight is 182 g/mol. The van der Waals surface area contributed by atoms with Crippen LogP contribution in [-0.4, -0.2) is 6.61 Å². The second-order valence-corrected chi connectivity index (χ2v) is 3.42. The Hall–Kier alpha value is -0.630. The van der Waals surface area contributed by atoms with Crippen LogP contribution in [0.5, 0.6) is 5.75 Å². The van der Waals surface area contributed by atoms with Crippen LogP contribution in [0.15, 0.2) is 24.3 Å². The van der Waals surface area contributed by atoms with E-state index in [1.54, 1.807) is 0 Å². The van der Waals surface area contributed by atoms with Crippen molar-refractivity contribution in [2.45, 2.75) is 19.1 Å². The smallest absolute Gasteiger partial charge is 0.123 e. The van der Waals surface area contributed by atoms with Gasteiger partial charge in [-0.15, -0.1) is 0 Å². The van der Waals surface area contributed by atoms with Crippen molar-refractivity contribution >= 4 is 12.6 Å². The summed E-state index contributed by atoms with van der Waals surface area (Å²) in [5, 5.41) is 0.229. The first kappa shape index (κ1) is 9.46. The molecule has 0 bridgehead atoms. The summed E-state index contributed by atoms with van der Waals surface area (Å²) >= 11 is 4.37. The second-order valence-electron chi connectivity index (χ2n) is 2.65. The molecule has 66 valence electrons. The summed E-state index contributed by atoms with van der Waals surface area (Å²) in [7, 11) is 0. The van der Waals surface area contributed by atoms with Crippen molar-refractivity contribution in [2.24, 2.45) is 0 Å². The van der Waals surface area contributed by atoms with Crippen molar-refractivity contribution in [3.63, 3.8) is 0 Å². The van der Waals surface area contributed by atoms with Crippen LogP contribution in [0, 0.1) is 0 Å². The fourth-order valence-corrected chi connectivity index (χ4v) is 1.33. The predicted molar refractivity (Wildman–Crippen MR) is 55.0 cm³/mol. The Kier molecular flexibility index (Phi) is 3.48. The van der Waals surface area contributed by atoms with E-state index in [0.29, 0.717) is 6.61 Å². The molecular weight excluding hydrogens is 168 g/mol. The molecule has 0 aliphatic heterocycles. The molecule has 0 aliphatic rings. The fourth-order valence-electron chi connectivity index (χ4n) is 1.11. The van der Waals surface area contributed by atoms with Crippen LogP contribution in [0.2, 0.25) is 0 Å². The molecule has 0 amide bonds. The maximum Gasteiger partial charge on any atom is 0.123 e. The summed E-state index contributed by atoms with van der Waals surface area (Å²) in [4.78, 5) is 0. The minimum atomic E-state index is 0.229. The lowest BCUT2D eigenvalue weighted by molar-refractivity contribution is 0.336. The summed E-state index contributed by atoms with van der Waals surface area (Å²) in [6.07, 6.45) is 0. The van der Waals surface area contributed by atoms with Crippen LogP contribution < -0.4 is 4.74 Å². The van der Waals surface area contributed by atoms with Gasteiger partial charge in [-0.05, 0) is 19.9 Å². The van der Waals surface area contributed by atoms with E-state index < -0.39 is 0 Å². The molecule has 0 N–H and O–H groups in total. The minimum absolute atomic E-state index is 0.229. The van der Waals surface area contributed by atoms with Crippen molar-refractivity contribution < 1.29 is 4.74 Å². The van der Waals surface area contributed by atoms with Crippen molar-refractivity contribution in [1.29, 1.82) is 0 Å². The van der Waals surface area contributed by atoms with Crippen LogP contribution in [0.3, 0.4) is 0 Å². The Morgan fingerprint density at radius 2 is 2.08 bits per heavy atom. The monoisotopic (exact) mass is 182 g/mol. The van der Waals surface area contributed by atoms with Crippen LogP contribution in [0.4, 0.5) is 0 Å². The summed E-state index contributed by atoms with van der Waals surface area (Å²) in [6.45, 7) is 4.73. The van der Waals surface area contributed by atoms with Crippen molar-refractivity contribution in [1.82, 2.24) is 0 Å². The van der Waals surface area contributed by atoms with Gasteiger partial charge in [0.25, 0.3) is 0 Å². The maximum absolute atomic E-state index is 5.45. The molecule has 0 fully saturated rings. The van der Waals surface area contributed by atoms with Crippen LogP contribution in [-0.2, 0) is 0 Å². The summed E-state index contributed by atoms with van der Waals surface area (Å²) < 4.78 is 5.45. The highest BCUT2D eigenvalue weighted by molar-refractivity contribution is 7.80. The molecule has 0 heterocycles. The zero-order chi connectivity index (χ0) is 8.97. The molecule has 0 aliphatic carbocycles. The number of thiol groups is 1. The quantitative estimate of drug-likeness (QED) is 0.707. The van der Waals surface area contributed by atoms with Crippen LogP contribution >= 0.6 is 12.6 Å². The van der Waals surface area contributed by atoms with Gasteiger partial charge in [0.2, 0.25) is 0 Å². The first-order valence-corrected chi connectivity index (χ1v) is 4.67. The van der Waals surface area contributed by atoms with E-state index >= 15 is 0 Å². The maximum atomic E-state index is 5.45. The van der Waals surface area contributed by atoms with E-state index in [4.69, 9.17) is 4.74 Å². The Labute approximate surface area is 79.2 Å². The normalized spacial score (nSPS) is 12.6. The molecule has 0 saturated heterocycles. The van der Waals surface area contributed by atoms with Crippen molar-refractivity contribution in [2.75, 3.05) is 6.61 Å².